The normalized spacial score (nSPS) is 16.3. The number of ether oxygens (including phenoxy) is 1. The molecule has 0 saturated carbocycles. The van der Waals surface area contributed by atoms with E-state index in [9.17, 15) is 31.1 Å². The number of aliphatic hydroxyl groups is 1. The Morgan fingerprint density at radius 1 is 1.14 bits per heavy atom. The molecule has 0 bridgehead atoms. The number of halogens is 4. The number of benzene rings is 2. The van der Waals surface area contributed by atoms with Crippen LogP contribution in [0.3, 0.4) is 0 Å². The number of sulfone groups is 1. The molecule has 35 heavy (non-hydrogen) atoms. The Morgan fingerprint density at radius 2 is 1.83 bits per heavy atom. The maximum Gasteiger partial charge on any atom is 0.417 e. The lowest BCUT2D eigenvalue weighted by Gasteiger charge is -2.38. The SMILES string of the molecule is Cc1ccc(F)c2[nH]c(CC(O)(CC(C)(C)c3cc(S(C)(=O)=O)cc4c3OCC4)C(F)(F)F)cc12. The average molecular weight is 514 g/mol. The van der Waals surface area contributed by atoms with Gasteiger partial charge in [0.1, 0.15) is 11.6 Å². The summed E-state index contributed by atoms with van der Waals surface area (Å²) in [6.07, 6.45) is -5.16. The minimum Gasteiger partial charge on any atom is -0.493 e. The molecule has 2 aromatic carbocycles. The second-order valence-electron chi connectivity index (χ2n) is 10.0. The van der Waals surface area contributed by atoms with Crippen LogP contribution < -0.4 is 4.74 Å². The molecule has 4 rings (SSSR count). The van der Waals surface area contributed by atoms with E-state index in [2.05, 4.69) is 4.98 Å². The molecule has 0 spiro atoms. The first kappa shape index (κ1) is 25.5. The lowest BCUT2D eigenvalue weighted by atomic mass is 9.73. The van der Waals surface area contributed by atoms with Crippen molar-refractivity contribution in [1.82, 2.24) is 4.98 Å². The predicted molar refractivity (Wildman–Crippen MR) is 124 cm³/mol. The minimum atomic E-state index is -5.02. The van der Waals surface area contributed by atoms with Crippen LogP contribution in [0.4, 0.5) is 17.6 Å². The van der Waals surface area contributed by atoms with Crippen molar-refractivity contribution in [2.75, 3.05) is 12.9 Å². The van der Waals surface area contributed by atoms with Gasteiger partial charge in [0, 0.05) is 35.7 Å². The highest BCUT2D eigenvalue weighted by Gasteiger charge is 2.56. The van der Waals surface area contributed by atoms with Crippen molar-refractivity contribution in [2.45, 2.75) is 62.1 Å². The molecule has 0 fully saturated rings. The van der Waals surface area contributed by atoms with Crippen molar-refractivity contribution in [3.05, 3.63) is 58.5 Å². The molecule has 1 aliphatic rings. The lowest BCUT2D eigenvalue weighted by molar-refractivity contribution is -0.266. The van der Waals surface area contributed by atoms with Crippen molar-refractivity contribution < 1.29 is 35.8 Å². The van der Waals surface area contributed by atoms with Crippen LogP contribution in [0.25, 0.3) is 10.9 Å². The van der Waals surface area contributed by atoms with Gasteiger partial charge in [0.2, 0.25) is 0 Å². The third-order valence-corrected chi connectivity index (χ3v) is 7.77. The molecule has 1 unspecified atom stereocenters. The van der Waals surface area contributed by atoms with Gasteiger partial charge < -0.3 is 14.8 Å². The van der Waals surface area contributed by atoms with E-state index in [0.29, 0.717) is 28.7 Å². The van der Waals surface area contributed by atoms with E-state index in [4.69, 9.17) is 4.74 Å². The molecule has 0 amide bonds. The first-order valence-electron chi connectivity index (χ1n) is 11.1. The van der Waals surface area contributed by atoms with Crippen LogP contribution in [-0.2, 0) is 28.1 Å². The van der Waals surface area contributed by atoms with Crippen LogP contribution >= 0.6 is 0 Å². The number of fused-ring (bicyclic) bond motifs is 2. The van der Waals surface area contributed by atoms with Crippen molar-refractivity contribution in [3.8, 4) is 5.75 Å². The Kier molecular flexibility index (Phi) is 6.00. The second kappa shape index (κ2) is 8.23. The zero-order valence-corrected chi connectivity index (χ0v) is 20.6. The van der Waals surface area contributed by atoms with Gasteiger partial charge in [-0.25, -0.2) is 12.8 Å². The third-order valence-electron chi connectivity index (χ3n) is 6.68. The number of aromatic amines is 1. The molecule has 0 saturated heterocycles. The highest BCUT2D eigenvalue weighted by atomic mass is 32.2. The fourth-order valence-electron chi connectivity index (χ4n) is 4.88. The van der Waals surface area contributed by atoms with E-state index < -0.39 is 45.7 Å². The maximum absolute atomic E-state index is 14.3. The van der Waals surface area contributed by atoms with E-state index in [1.165, 1.54) is 44.2 Å². The molecular weight excluding hydrogens is 486 g/mol. The van der Waals surface area contributed by atoms with Crippen LogP contribution in [0.15, 0.2) is 35.2 Å². The molecular formula is C25H27F4NO4S. The fraction of sp³-hybridized carbons (Fsp3) is 0.440. The van der Waals surface area contributed by atoms with E-state index in [1.807, 2.05) is 0 Å². The summed E-state index contributed by atoms with van der Waals surface area (Å²) in [4.78, 5) is 2.68. The number of aryl methyl sites for hydroxylation is 1. The summed E-state index contributed by atoms with van der Waals surface area (Å²) in [5.41, 5.74) is -2.82. The monoisotopic (exact) mass is 513 g/mol. The van der Waals surface area contributed by atoms with Gasteiger partial charge in [0.15, 0.2) is 15.4 Å². The van der Waals surface area contributed by atoms with E-state index in [-0.39, 0.29) is 28.3 Å². The molecule has 1 aliphatic heterocycles. The summed E-state index contributed by atoms with van der Waals surface area (Å²) >= 11 is 0. The largest absolute Gasteiger partial charge is 0.493 e. The summed E-state index contributed by atoms with van der Waals surface area (Å²) in [6.45, 7) is 5.03. The zero-order valence-electron chi connectivity index (χ0n) is 19.8. The molecule has 1 aromatic heterocycles. The third kappa shape index (κ3) is 4.65. The van der Waals surface area contributed by atoms with Gasteiger partial charge in [0.25, 0.3) is 0 Å². The van der Waals surface area contributed by atoms with E-state index in [1.54, 1.807) is 6.92 Å². The first-order valence-corrected chi connectivity index (χ1v) is 13.0. The number of hydrogen-bond donors (Lipinski definition) is 2. The molecule has 5 nitrogen and oxygen atoms in total. The Hall–Kier alpha value is -2.59. The Bertz CT molecular complexity index is 1370. The number of alkyl halides is 3. The standard InChI is InChI=1S/C25H27F4NO4S/c1-14-5-6-20(26)21-18(14)10-16(30-21)12-24(31,25(27,28)29)13-23(2,3)19-11-17(35(4,32)33)9-15-7-8-34-22(15)19/h5-6,9-11,30-31H,7-8,12-13H2,1-4H3. The molecule has 1 atom stereocenters. The van der Waals surface area contributed by atoms with Crippen LogP contribution in [0, 0.1) is 12.7 Å². The number of nitrogens with one attached hydrogen (secondary N) is 1. The molecule has 2 N–H and O–H groups in total. The summed E-state index contributed by atoms with van der Waals surface area (Å²) in [5, 5.41) is 11.5. The summed E-state index contributed by atoms with van der Waals surface area (Å²) in [5.74, 6) is -0.242. The van der Waals surface area contributed by atoms with Crippen molar-refractivity contribution in [3.63, 3.8) is 0 Å². The van der Waals surface area contributed by atoms with Crippen LogP contribution in [0.2, 0.25) is 0 Å². The fourth-order valence-corrected chi connectivity index (χ4v) is 5.56. The van der Waals surface area contributed by atoms with Crippen LogP contribution in [0.1, 0.15) is 42.7 Å². The lowest BCUT2D eigenvalue weighted by Crippen LogP contribution is -2.51. The molecule has 0 aliphatic carbocycles. The Balaban J connectivity index is 1.78. The molecule has 3 aromatic rings. The van der Waals surface area contributed by atoms with Crippen LogP contribution in [-0.4, -0.2) is 43.1 Å². The van der Waals surface area contributed by atoms with Gasteiger partial charge in [-0.3, -0.25) is 0 Å². The van der Waals surface area contributed by atoms with E-state index >= 15 is 0 Å². The van der Waals surface area contributed by atoms with Gasteiger partial charge in [-0.2, -0.15) is 13.2 Å². The topological polar surface area (TPSA) is 79.4 Å². The minimum absolute atomic E-state index is 0.0121. The maximum atomic E-state index is 14.3. The molecule has 190 valence electrons. The van der Waals surface area contributed by atoms with Gasteiger partial charge in [-0.1, -0.05) is 19.9 Å². The van der Waals surface area contributed by atoms with Crippen molar-refractivity contribution >= 4 is 20.7 Å². The number of rotatable bonds is 6. The highest BCUT2D eigenvalue weighted by molar-refractivity contribution is 7.90. The zero-order chi connectivity index (χ0) is 26.0. The Labute approximate surface area is 201 Å². The highest BCUT2D eigenvalue weighted by Crippen LogP contribution is 2.47. The van der Waals surface area contributed by atoms with Gasteiger partial charge in [-0.15, -0.1) is 0 Å². The molecule has 0 radical (unpaired) electrons. The summed E-state index contributed by atoms with van der Waals surface area (Å²) in [7, 11) is -3.63. The Morgan fingerprint density at radius 3 is 2.43 bits per heavy atom. The number of H-pyrrole nitrogens is 1. The number of aromatic nitrogens is 1. The second-order valence-corrected chi connectivity index (χ2v) is 12.1. The average Bonchev–Trinajstić information content (AvgIpc) is 3.35. The van der Waals surface area contributed by atoms with Gasteiger partial charge in [0.05, 0.1) is 17.0 Å². The molecule has 2 heterocycles. The van der Waals surface area contributed by atoms with Gasteiger partial charge >= 0.3 is 6.18 Å². The quantitative estimate of drug-likeness (QED) is 0.447. The smallest absolute Gasteiger partial charge is 0.417 e. The van der Waals surface area contributed by atoms with Gasteiger partial charge in [-0.05, 0) is 54.2 Å². The first-order chi connectivity index (χ1) is 16.0. The van der Waals surface area contributed by atoms with Crippen LogP contribution in [0.5, 0.6) is 5.75 Å². The van der Waals surface area contributed by atoms with Crippen molar-refractivity contribution in [2.24, 2.45) is 0 Å². The van der Waals surface area contributed by atoms with E-state index in [0.717, 1.165) is 6.26 Å². The summed E-state index contributed by atoms with van der Waals surface area (Å²) < 4.78 is 87.3. The summed E-state index contributed by atoms with van der Waals surface area (Å²) in [6, 6.07) is 6.99. The predicted octanol–water partition coefficient (Wildman–Crippen LogP) is 5.16. The number of hydrogen-bond acceptors (Lipinski definition) is 4. The van der Waals surface area contributed by atoms with Crippen molar-refractivity contribution in [1.29, 1.82) is 0 Å². The molecule has 10 heteroatoms.